The summed E-state index contributed by atoms with van der Waals surface area (Å²) in [6.07, 6.45) is 1.46. The molecule has 1 aliphatic heterocycles. The Kier molecular flexibility index (Phi) is 3.57. The van der Waals surface area contributed by atoms with Crippen molar-refractivity contribution in [2.75, 3.05) is 7.11 Å². The molecule has 124 valence electrons. The fourth-order valence-corrected chi connectivity index (χ4v) is 2.79. The third-order valence-electron chi connectivity index (χ3n) is 4.09. The Morgan fingerprint density at radius 3 is 2.24 bits per heavy atom. The molecule has 1 aliphatic rings. The van der Waals surface area contributed by atoms with Crippen molar-refractivity contribution >= 4 is 11.8 Å². The van der Waals surface area contributed by atoms with Gasteiger partial charge in [0.15, 0.2) is 0 Å². The highest BCUT2D eigenvalue weighted by atomic mass is 16.5. The lowest BCUT2D eigenvalue weighted by Crippen LogP contribution is -2.29. The van der Waals surface area contributed by atoms with Gasteiger partial charge in [-0.2, -0.15) is 0 Å². The van der Waals surface area contributed by atoms with Gasteiger partial charge in [0.2, 0.25) is 5.89 Å². The van der Waals surface area contributed by atoms with E-state index in [4.69, 9.17) is 9.15 Å². The lowest BCUT2D eigenvalue weighted by atomic mass is 10.1. The molecule has 4 rings (SSSR count). The van der Waals surface area contributed by atoms with Crippen molar-refractivity contribution in [2.45, 2.75) is 6.54 Å². The Bertz CT molecular complexity index is 925. The number of fused-ring (bicyclic) bond motifs is 1. The Labute approximate surface area is 143 Å². The fraction of sp³-hybridized carbons (Fsp3) is 0.105. The van der Waals surface area contributed by atoms with Crippen LogP contribution in [-0.4, -0.2) is 28.8 Å². The fourth-order valence-electron chi connectivity index (χ4n) is 2.79. The van der Waals surface area contributed by atoms with Gasteiger partial charge in [-0.25, -0.2) is 4.98 Å². The van der Waals surface area contributed by atoms with Crippen molar-refractivity contribution in [3.05, 3.63) is 71.6 Å². The molecule has 25 heavy (non-hydrogen) atoms. The first kappa shape index (κ1) is 15.1. The lowest BCUT2D eigenvalue weighted by Gasteiger charge is -2.11. The molecule has 2 amide bonds. The molecule has 0 atom stereocenters. The summed E-state index contributed by atoms with van der Waals surface area (Å²) in [5.74, 6) is 0.542. The molecular formula is C19H14N2O4. The normalized spacial score (nSPS) is 13.2. The molecule has 0 fully saturated rings. The Balaban J connectivity index is 1.56. The molecule has 0 spiro atoms. The van der Waals surface area contributed by atoms with E-state index in [1.165, 1.54) is 11.2 Å². The monoisotopic (exact) mass is 334 g/mol. The van der Waals surface area contributed by atoms with Gasteiger partial charge in [-0.3, -0.25) is 14.5 Å². The molecule has 0 radical (unpaired) electrons. The zero-order valence-corrected chi connectivity index (χ0v) is 13.4. The van der Waals surface area contributed by atoms with Gasteiger partial charge in [-0.15, -0.1) is 0 Å². The molecule has 1 aromatic heterocycles. The Morgan fingerprint density at radius 1 is 1.00 bits per heavy atom. The van der Waals surface area contributed by atoms with E-state index in [-0.39, 0.29) is 18.4 Å². The Morgan fingerprint density at radius 2 is 1.64 bits per heavy atom. The number of hydrogen-bond acceptors (Lipinski definition) is 5. The zero-order valence-electron chi connectivity index (χ0n) is 13.4. The van der Waals surface area contributed by atoms with Crippen LogP contribution in [0.25, 0.3) is 11.5 Å². The summed E-state index contributed by atoms with van der Waals surface area (Å²) in [4.78, 5) is 30.3. The second-order valence-corrected chi connectivity index (χ2v) is 5.61. The van der Waals surface area contributed by atoms with Gasteiger partial charge in [-0.05, 0) is 36.4 Å². The maximum atomic E-state index is 12.4. The number of aromatic nitrogens is 1. The summed E-state index contributed by atoms with van der Waals surface area (Å²) >= 11 is 0. The van der Waals surface area contributed by atoms with E-state index < -0.39 is 0 Å². The molecule has 0 unspecified atom stereocenters. The van der Waals surface area contributed by atoms with Gasteiger partial charge >= 0.3 is 0 Å². The van der Waals surface area contributed by atoms with Crippen molar-refractivity contribution in [1.29, 1.82) is 0 Å². The summed E-state index contributed by atoms with van der Waals surface area (Å²) in [6.45, 7) is 0.0754. The first-order valence-corrected chi connectivity index (χ1v) is 7.71. The SMILES string of the molecule is COc1ccc(-c2nc(CN3C(=O)c4ccccc4C3=O)co2)cc1. The van der Waals surface area contributed by atoms with E-state index in [1.807, 2.05) is 24.3 Å². The summed E-state index contributed by atoms with van der Waals surface area (Å²) in [6, 6.07) is 14.1. The quantitative estimate of drug-likeness (QED) is 0.685. The second-order valence-electron chi connectivity index (χ2n) is 5.61. The number of methoxy groups -OCH3 is 1. The second kappa shape index (κ2) is 5.90. The van der Waals surface area contributed by atoms with E-state index in [0.717, 1.165) is 11.3 Å². The van der Waals surface area contributed by atoms with Crippen molar-refractivity contribution < 1.29 is 18.7 Å². The molecule has 6 heteroatoms. The van der Waals surface area contributed by atoms with Gasteiger partial charge in [0.1, 0.15) is 12.0 Å². The summed E-state index contributed by atoms with van der Waals surface area (Å²) in [5, 5.41) is 0. The first-order chi connectivity index (χ1) is 12.2. The van der Waals surface area contributed by atoms with Crippen LogP contribution in [0.2, 0.25) is 0 Å². The minimum atomic E-state index is -0.311. The van der Waals surface area contributed by atoms with Crippen LogP contribution >= 0.6 is 0 Å². The molecule has 2 heterocycles. The summed E-state index contributed by atoms with van der Waals surface area (Å²) < 4.78 is 10.6. The van der Waals surface area contributed by atoms with Gasteiger partial charge in [-0.1, -0.05) is 12.1 Å². The summed E-state index contributed by atoms with van der Waals surface area (Å²) in [7, 11) is 1.60. The lowest BCUT2D eigenvalue weighted by molar-refractivity contribution is 0.0640. The maximum Gasteiger partial charge on any atom is 0.261 e. The molecular weight excluding hydrogens is 320 g/mol. The molecule has 0 saturated heterocycles. The maximum absolute atomic E-state index is 12.4. The predicted molar refractivity (Wildman–Crippen MR) is 89.1 cm³/mol. The number of imide groups is 1. The highest BCUT2D eigenvalue weighted by Crippen LogP contribution is 2.26. The van der Waals surface area contributed by atoms with Crippen LogP contribution in [-0.2, 0) is 6.54 Å². The molecule has 3 aromatic rings. The van der Waals surface area contributed by atoms with Crippen LogP contribution in [0.15, 0.2) is 59.2 Å². The van der Waals surface area contributed by atoms with E-state index in [1.54, 1.807) is 31.4 Å². The average molecular weight is 334 g/mol. The molecule has 2 aromatic carbocycles. The number of carbonyl (C=O) groups excluding carboxylic acids is 2. The number of nitrogens with zero attached hydrogens (tertiary/aromatic N) is 2. The number of hydrogen-bond donors (Lipinski definition) is 0. The molecule has 0 N–H and O–H groups in total. The first-order valence-electron chi connectivity index (χ1n) is 7.71. The van der Waals surface area contributed by atoms with Crippen LogP contribution in [0.3, 0.4) is 0 Å². The Hall–Kier alpha value is -3.41. The minimum absolute atomic E-state index is 0.0754. The van der Waals surface area contributed by atoms with Crippen molar-refractivity contribution in [3.8, 4) is 17.2 Å². The van der Waals surface area contributed by atoms with Crippen LogP contribution in [0.5, 0.6) is 5.75 Å². The summed E-state index contributed by atoms with van der Waals surface area (Å²) in [5.41, 5.74) is 2.15. The van der Waals surface area contributed by atoms with Crippen molar-refractivity contribution in [1.82, 2.24) is 9.88 Å². The number of benzene rings is 2. The largest absolute Gasteiger partial charge is 0.497 e. The van der Waals surface area contributed by atoms with Crippen LogP contribution in [0.1, 0.15) is 26.4 Å². The average Bonchev–Trinajstić information content (AvgIpc) is 3.22. The van der Waals surface area contributed by atoms with Gasteiger partial charge in [0, 0.05) is 5.56 Å². The van der Waals surface area contributed by atoms with Gasteiger partial charge < -0.3 is 9.15 Å². The number of ether oxygens (including phenoxy) is 1. The van der Waals surface area contributed by atoms with E-state index in [9.17, 15) is 9.59 Å². The number of carbonyl (C=O) groups is 2. The van der Waals surface area contributed by atoms with Crippen LogP contribution in [0.4, 0.5) is 0 Å². The van der Waals surface area contributed by atoms with Crippen LogP contribution < -0.4 is 4.74 Å². The van der Waals surface area contributed by atoms with Crippen LogP contribution in [0, 0.1) is 0 Å². The predicted octanol–water partition coefficient (Wildman–Crippen LogP) is 3.15. The standard InChI is InChI=1S/C19H14N2O4/c1-24-14-8-6-12(7-9-14)17-20-13(11-25-17)10-21-18(22)15-4-2-3-5-16(15)19(21)23/h2-9,11H,10H2,1H3. The third kappa shape index (κ3) is 2.57. The smallest absolute Gasteiger partial charge is 0.261 e. The molecule has 0 bridgehead atoms. The van der Waals surface area contributed by atoms with E-state index >= 15 is 0 Å². The number of oxazole rings is 1. The molecule has 6 nitrogen and oxygen atoms in total. The zero-order chi connectivity index (χ0) is 17.4. The van der Waals surface area contributed by atoms with E-state index in [2.05, 4.69) is 4.98 Å². The van der Waals surface area contributed by atoms with Gasteiger partial charge in [0.25, 0.3) is 11.8 Å². The molecule has 0 saturated carbocycles. The highest BCUT2D eigenvalue weighted by Gasteiger charge is 2.35. The van der Waals surface area contributed by atoms with E-state index in [0.29, 0.717) is 22.7 Å². The molecule has 0 aliphatic carbocycles. The highest BCUT2D eigenvalue weighted by molar-refractivity contribution is 6.21. The number of amides is 2. The van der Waals surface area contributed by atoms with Gasteiger partial charge in [0.05, 0.1) is 30.5 Å². The van der Waals surface area contributed by atoms with Crippen molar-refractivity contribution in [3.63, 3.8) is 0 Å². The van der Waals surface area contributed by atoms with Crippen molar-refractivity contribution in [2.24, 2.45) is 0 Å². The minimum Gasteiger partial charge on any atom is -0.497 e. The third-order valence-corrected chi connectivity index (χ3v) is 4.09. The number of rotatable bonds is 4. The topological polar surface area (TPSA) is 72.6 Å².